The van der Waals surface area contributed by atoms with E-state index in [9.17, 15) is 4.79 Å². The Bertz CT molecular complexity index is 320. The van der Waals surface area contributed by atoms with E-state index in [0.717, 1.165) is 25.7 Å². The molecule has 3 N–H and O–H groups in total. The van der Waals surface area contributed by atoms with Crippen LogP contribution < -0.4 is 11.1 Å². The minimum Gasteiger partial charge on any atom is -0.392 e. The zero-order valence-electron chi connectivity index (χ0n) is 9.54. The molecule has 0 atom stereocenters. The highest BCUT2D eigenvalue weighted by Crippen LogP contribution is 2.46. The Morgan fingerprint density at radius 1 is 1.31 bits per heavy atom. The Kier molecular flexibility index (Phi) is 2.92. The molecule has 1 amide bonds. The zero-order chi connectivity index (χ0) is 11.8. The molecule has 0 aromatic heterocycles. The number of nitrogens with one attached hydrogen (secondary N) is 1. The largest absolute Gasteiger partial charge is 0.392 e. The predicted molar refractivity (Wildman–Crippen MR) is 65.1 cm³/mol. The molecule has 4 nitrogen and oxygen atoms in total. The summed E-state index contributed by atoms with van der Waals surface area (Å²) in [6, 6.07) is 0. The lowest BCUT2D eigenvalue weighted by Gasteiger charge is -2.35. The molecule has 1 saturated heterocycles. The normalized spacial score (nSPS) is 25.8. The van der Waals surface area contributed by atoms with Gasteiger partial charge in [0.2, 0.25) is 5.91 Å². The van der Waals surface area contributed by atoms with Crippen molar-refractivity contribution in [3.8, 4) is 0 Å². The number of rotatable bonds is 3. The first-order valence-corrected chi connectivity index (χ1v) is 6.10. The van der Waals surface area contributed by atoms with Crippen LogP contribution in [0.1, 0.15) is 32.6 Å². The zero-order valence-corrected chi connectivity index (χ0v) is 10.4. The minimum absolute atomic E-state index is 0.00407. The van der Waals surface area contributed by atoms with Crippen molar-refractivity contribution in [1.82, 2.24) is 5.32 Å². The maximum atomic E-state index is 12.1. The summed E-state index contributed by atoms with van der Waals surface area (Å²) in [6.07, 6.45) is 3.29. The van der Waals surface area contributed by atoms with Gasteiger partial charge in [-0.2, -0.15) is 0 Å². The molecule has 1 heterocycles. The summed E-state index contributed by atoms with van der Waals surface area (Å²) < 4.78 is 5.29. The van der Waals surface area contributed by atoms with Crippen molar-refractivity contribution in [2.45, 2.75) is 38.1 Å². The molecule has 0 bridgehead atoms. The molecule has 90 valence electrons. The van der Waals surface area contributed by atoms with Crippen LogP contribution in [0.25, 0.3) is 0 Å². The molecule has 0 unspecified atom stereocenters. The monoisotopic (exact) mass is 242 g/mol. The molecule has 2 rings (SSSR count). The molecule has 0 aromatic rings. The number of thiocarbonyl (C=S) groups is 1. The van der Waals surface area contributed by atoms with Crippen LogP contribution in [0.15, 0.2) is 0 Å². The van der Waals surface area contributed by atoms with E-state index in [4.69, 9.17) is 22.7 Å². The first-order chi connectivity index (χ1) is 7.49. The number of nitrogens with two attached hydrogens (primary N) is 1. The van der Waals surface area contributed by atoms with Crippen LogP contribution in [0.4, 0.5) is 0 Å². The van der Waals surface area contributed by atoms with E-state index in [1.807, 2.05) is 0 Å². The summed E-state index contributed by atoms with van der Waals surface area (Å²) in [4.78, 5) is 12.5. The van der Waals surface area contributed by atoms with E-state index >= 15 is 0 Å². The van der Waals surface area contributed by atoms with E-state index < -0.39 is 5.41 Å². The molecule has 2 fully saturated rings. The third-order valence-corrected chi connectivity index (χ3v) is 4.06. The summed E-state index contributed by atoms with van der Waals surface area (Å²) in [5.74, 6) is 0.00407. The van der Waals surface area contributed by atoms with E-state index in [2.05, 4.69) is 12.2 Å². The van der Waals surface area contributed by atoms with Gasteiger partial charge in [-0.05, 0) is 32.6 Å². The van der Waals surface area contributed by atoms with E-state index in [1.54, 1.807) is 0 Å². The topological polar surface area (TPSA) is 64.4 Å². The second-order valence-corrected chi connectivity index (χ2v) is 5.51. The summed E-state index contributed by atoms with van der Waals surface area (Å²) in [7, 11) is 0. The van der Waals surface area contributed by atoms with E-state index in [1.165, 1.54) is 0 Å². The lowest BCUT2D eigenvalue weighted by molar-refractivity contribution is -0.126. The van der Waals surface area contributed by atoms with Gasteiger partial charge in [-0.3, -0.25) is 4.79 Å². The standard InChI is InChI=1S/C11H18N2O2S/c1-10(4-6-15-7-5-10)13-9(14)11(2-3-11)8(12)16/h2-7H2,1H3,(H2,12,16)(H,13,14). The fraction of sp³-hybridized carbons (Fsp3) is 0.818. The van der Waals surface area contributed by atoms with Crippen LogP contribution in [-0.4, -0.2) is 29.6 Å². The SMILES string of the molecule is CC1(NC(=O)C2(C(N)=S)CC2)CCOCC1. The highest BCUT2D eigenvalue weighted by atomic mass is 32.1. The third-order valence-electron chi connectivity index (χ3n) is 3.67. The van der Waals surface area contributed by atoms with Crippen molar-refractivity contribution in [3.63, 3.8) is 0 Å². The molecule has 0 spiro atoms. The van der Waals surface area contributed by atoms with Crippen molar-refractivity contribution >= 4 is 23.1 Å². The van der Waals surface area contributed by atoms with Crippen LogP contribution in [0.3, 0.4) is 0 Å². The summed E-state index contributed by atoms with van der Waals surface area (Å²) in [5, 5.41) is 3.09. The van der Waals surface area contributed by atoms with Gasteiger partial charge in [0.1, 0.15) is 0 Å². The Labute approximate surface area is 101 Å². The minimum atomic E-state index is -0.545. The number of carbonyl (C=O) groups excluding carboxylic acids is 1. The fourth-order valence-electron chi connectivity index (χ4n) is 2.05. The van der Waals surface area contributed by atoms with Crippen LogP contribution >= 0.6 is 12.2 Å². The van der Waals surface area contributed by atoms with Gasteiger partial charge in [0.25, 0.3) is 0 Å². The quantitative estimate of drug-likeness (QED) is 0.716. The molecule has 0 aromatic carbocycles. The Morgan fingerprint density at radius 3 is 2.31 bits per heavy atom. The smallest absolute Gasteiger partial charge is 0.233 e. The molecule has 1 aliphatic carbocycles. The van der Waals surface area contributed by atoms with Crippen LogP contribution in [0.5, 0.6) is 0 Å². The number of carbonyl (C=O) groups is 1. The third kappa shape index (κ3) is 2.06. The number of amides is 1. The number of hydrogen-bond donors (Lipinski definition) is 2. The Hall–Kier alpha value is -0.680. The van der Waals surface area contributed by atoms with E-state index in [0.29, 0.717) is 18.2 Å². The van der Waals surface area contributed by atoms with Crippen LogP contribution in [-0.2, 0) is 9.53 Å². The summed E-state index contributed by atoms with van der Waals surface area (Å²) >= 11 is 4.97. The number of hydrogen-bond acceptors (Lipinski definition) is 3. The summed E-state index contributed by atoms with van der Waals surface area (Å²) in [5.41, 5.74) is 4.93. The Balaban J connectivity index is 1.99. The van der Waals surface area contributed by atoms with Gasteiger partial charge < -0.3 is 15.8 Å². The van der Waals surface area contributed by atoms with Gasteiger partial charge in [-0.15, -0.1) is 0 Å². The Morgan fingerprint density at radius 2 is 1.88 bits per heavy atom. The second-order valence-electron chi connectivity index (χ2n) is 5.07. The van der Waals surface area contributed by atoms with Crippen molar-refractivity contribution in [2.75, 3.05) is 13.2 Å². The molecular weight excluding hydrogens is 224 g/mol. The fourth-order valence-corrected chi connectivity index (χ4v) is 2.35. The molecular formula is C11H18N2O2S. The first kappa shape index (κ1) is 11.8. The lowest BCUT2D eigenvalue weighted by Crippen LogP contribution is -2.53. The predicted octanol–water partition coefficient (Wildman–Crippen LogP) is 0.738. The number of ether oxygens (including phenoxy) is 1. The molecule has 0 radical (unpaired) electrons. The van der Waals surface area contributed by atoms with Gasteiger partial charge in [-0.25, -0.2) is 0 Å². The average molecular weight is 242 g/mol. The van der Waals surface area contributed by atoms with Crippen molar-refractivity contribution in [1.29, 1.82) is 0 Å². The van der Waals surface area contributed by atoms with Gasteiger partial charge in [0, 0.05) is 18.8 Å². The van der Waals surface area contributed by atoms with Gasteiger partial charge in [0.05, 0.1) is 10.4 Å². The molecule has 2 aliphatic rings. The molecule has 5 heteroatoms. The molecule has 1 saturated carbocycles. The average Bonchev–Trinajstić information content (AvgIpc) is 2.98. The lowest BCUT2D eigenvalue weighted by atomic mass is 9.91. The van der Waals surface area contributed by atoms with Gasteiger partial charge in [-0.1, -0.05) is 12.2 Å². The molecule has 1 aliphatic heterocycles. The maximum Gasteiger partial charge on any atom is 0.233 e. The summed E-state index contributed by atoms with van der Waals surface area (Å²) in [6.45, 7) is 3.47. The van der Waals surface area contributed by atoms with Crippen LogP contribution in [0, 0.1) is 5.41 Å². The van der Waals surface area contributed by atoms with Gasteiger partial charge in [0.15, 0.2) is 0 Å². The van der Waals surface area contributed by atoms with Crippen LogP contribution in [0.2, 0.25) is 0 Å². The van der Waals surface area contributed by atoms with Gasteiger partial charge >= 0.3 is 0 Å². The van der Waals surface area contributed by atoms with Crippen molar-refractivity contribution in [3.05, 3.63) is 0 Å². The highest BCUT2D eigenvalue weighted by molar-refractivity contribution is 7.80. The van der Waals surface area contributed by atoms with E-state index in [-0.39, 0.29) is 11.4 Å². The second kappa shape index (κ2) is 3.96. The molecule has 16 heavy (non-hydrogen) atoms. The highest BCUT2D eigenvalue weighted by Gasteiger charge is 2.53. The first-order valence-electron chi connectivity index (χ1n) is 5.69. The van der Waals surface area contributed by atoms with Crippen molar-refractivity contribution in [2.24, 2.45) is 11.1 Å². The maximum absolute atomic E-state index is 12.1. The van der Waals surface area contributed by atoms with Crippen molar-refractivity contribution < 1.29 is 9.53 Å².